The fourth-order valence-electron chi connectivity index (χ4n) is 2.02. The van der Waals surface area contributed by atoms with Gasteiger partial charge in [-0.2, -0.15) is 0 Å². The van der Waals surface area contributed by atoms with E-state index in [0.717, 1.165) is 16.6 Å². The van der Waals surface area contributed by atoms with E-state index in [1.165, 1.54) is 0 Å². The molecule has 0 fully saturated rings. The van der Waals surface area contributed by atoms with E-state index in [9.17, 15) is 4.79 Å². The second-order valence-electron chi connectivity index (χ2n) is 3.78. The van der Waals surface area contributed by atoms with Crippen LogP contribution in [-0.2, 0) is 0 Å². The van der Waals surface area contributed by atoms with Gasteiger partial charge in [-0.05, 0) is 25.1 Å². The Morgan fingerprint density at radius 3 is 2.81 bits per heavy atom. The van der Waals surface area contributed by atoms with Crippen LogP contribution in [0.5, 0.6) is 0 Å². The van der Waals surface area contributed by atoms with Gasteiger partial charge in [0.05, 0.1) is 5.52 Å². The average Bonchev–Trinajstić information content (AvgIpc) is 2.74. The first-order valence-corrected chi connectivity index (χ1v) is 5.14. The third-order valence-electron chi connectivity index (χ3n) is 2.85. The minimum absolute atomic E-state index is 0.186. The number of aromatic nitrogens is 2. The van der Waals surface area contributed by atoms with E-state index in [1.54, 1.807) is 6.07 Å². The summed E-state index contributed by atoms with van der Waals surface area (Å²) in [5, 5.41) is 1.01. The van der Waals surface area contributed by atoms with Crippen molar-refractivity contribution >= 4 is 16.4 Å². The van der Waals surface area contributed by atoms with Crippen LogP contribution in [0.4, 0.5) is 0 Å². The highest BCUT2D eigenvalue weighted by atomic mass is 16.1. The highest BCUT2D eigenvalue weighted by Crippen LogP contribution is 2.14. The molecule has 0 aliphatic carbocycles. The smallest absolute Gasteiger partial charge is 0.294 e. The van der Waals surface area contributed by atoms with E-state index in [4.69, 9.17) is 0 Å². The van der Waals surface area contributed by atoms with Gasteiger partial charge in [-0.15, -0.1) is 0 Å². The van der Waals surface area contributed by atoms with Crippen LogP contribution in [0.1, 0.15) is 5.69 Å². The van der Waals surface area contributed by atoms with Gasteiger partial charge >= 0.3 is 0 Å². The maximum atomic E-state index is 11.9. The number of nitrogens with zero attached hydrogens (tertiary/aromatic N) is 2. The molecular formula is C13H10N2O. The summed E-state index contributed by atoms with van der Waals surface area (Å²) in [5.74, 6) is 0. The number of para-hydroxylation sites is 1. The fourth-order valence-corrected chi connectivity index (χ4v) is 2.02. The van der Waals surface area contributed by atoms with Gasteiger partial charge in [0.25, 0.3) is 5.56 Å². The summed E-state index contributed by atoms with van der Waals surface area (Å²) in [4.78, 5) is 16.0. The summed E-state index contributed by atoms with van der Waals surface area (Å²) >= 11 is 0. The molecule has 0 bridgehead atoms. The molecule has 0 saturated heterocycles. The van der Waals surface area contributed by atoms with Crippen LogP contribution in [0, 0.1) is 6.92 Å². The molecule has 1 aromatic carbocycles. The summed E-state index contributed by atoms with van der Waals surface area (Å²) in [6, 6.07) is 11.3. The van der Waals surface area contributed by atoms with Crippen molar-refractivity contribution in [3.05, 3.63) is 58.6 Å². The Hall–Kier alpha value is -2.16. The Morgan fingerprint density at radius 1 is 1.12 bits per heavy atom. The standard InChI is InChI=1S/C13H10N2O/c1-9-10-5-2-3-6-11(10)14-13(16)12-7-4-8-15(9)12/h2-8H,1H3. The Bertz CT molecular complexity index is 744. The number of rotatable bonds is 0. The molecule has 0 saturated carbocycles. The molecule has 16 heavy (non-hydrogen) atoms. The predicted molar refractivity (Wildman–Crippen MR) is 63.7 cm³/mol. The maximum absolute atomic E-state index is 11.9. The number of hydrogen-bond acceptors (Lipinski definition) is 2. The van der Waals surface area contributed by atoms with Crippen LogP contribution in [-0.4, -0.2) is 9.38 Å². The van der Waals surface area contributed by atoms with E-state index < -0.39 is 0 Å². The third kappa shape index (κ3) is 1.15. The fraction of sp³-hybridized carbons (Fsp3) is 0.0769. The highest BCUT2D eigenvalue weighted by molar-refractivity contribution is 5.81. The molecule has 78 valence electrons. The normalized spacial score (nSPS) is 11.1. The second kappa shape index (κ2) is 3.17. The minimum Gasteiger partial charge on any atom is -0.316 e. The molecule has 3 rings (SSSR count). The first-order chi connectivity index (χ1) is 7.77. The van der Waals surface area contributed by atoms with Crippen molar-refractivity contribution < 1.29 is 0 Å². The van der Waals surface area contributed by atoms with Gasteiger partial charge < -0.3 is 4.40 Å². The molecule has 0 amide bonds. The largest absolute Gasteiger partial charge is 0.316 e. The highest BCUT2D eigenvalue weighted by Gasteiger charge is 2.04. The molecule has 3 nitrogen and oxygen atoms in total. The van der Waals surface area contributed by atoms with E-state index in [-0.39, 0.29) is 5.56 Å². The zero-order valence-corrected chi connectivity index (χ0v) is 8.84. The summed E-state index contributed by atoms with van der Waals surface area (Å²) in [6.45, 7) is 2.00. The van der Waals surface area contributed by atoms with Crippen LogP contribution >= 0.6 is 0 Å². The van der Waals surface area contributed by atoms with Crippen LogP contribution in [0.15, 0.2) is 47.4 Å². The Labute approximate surface area is 92.0 Å². The van der Waals surface area contributed by atoms with Gasteiger partial charge in [0.2, 0.25) is 0 Å². The summed E-state index contributed by atoms with van der Waals surface area (Å²) in [7, 11) is 0. The van der Waals surface area contributed by atoms with Crippen LogP contribution in [0.25, 0.3) is 16.4 Å². The van der Waals surface area contributed by atoms with Crippen molar-refractivity contribution in [2.75, 3.05) is 0 Å². The van der Waals surface area contributed by atoms with Gasteiger partial charge in [0.15, 0.2) is 0 Å². The van der Waals surface area contributed by atoms with Crippen molar-refractivity contribution in [3.8, 4) is 0 Å². The molecule has 0 unspecified atom stereocenters. The Morgan fingerprint density at radius 2 is 1.94 bits per heavy atom. The van der Waals surface area contributed by atoms with Gasteiger partial charge in [-0.1, -0.05) is 18.2 Å². The van der Waals surface area contributed by atoms with Crippen molar-refractivity contribution in [3.63, 3.8) is 0 Å². The lowest BCUT2D eigenvalue weighted by molar-refractivity contribution is 1.12. The second-order valence-corrected chi connectivity index (χ2v) is 3.78. The Balaban J connectivity index is 2.74. The minimum atomic E-state index is -0.186. The zero-order chi connectivity index (χ0) is 11.1. The van der Waals surface area contributed by atoms with Gasteiger partial charge in [0.1, 0.15) is 5.52 Å². The molecule has 0 aliphatic heterocycles. The molecule has 0 N–H and O–H groups in total. The van der Waals surface area contributed by atoms with E-state index in [1.807, 2.05) is 47.9 Å². The van der Waals surface area contributed by atoms with Crippen molar-refractivity contribution in [1.29, 1.82) is 0 Å². The summed E-state index contributed by atoms with van der Waals surface area (Å²) in [6.07, 6.45) is 1.89. The first kappa shape index (κ1) is 9.09. The summed E-state index contributed by atoms with van der Waals surface area (Å²) < 4.78 is 1.89. The lowest BCUT2D eigenvalue weighted by Crippen LogP contribution is -2.03. The van der Waals surface area contributed by atoms with Crippen molar-refractivity contribution in [1.82, 2.24) is 9.38 Å². The zero-order valence-electron chi connectivity index (χ0n) is 8.84. The first-order valence-electron chi connectivity index (χ1n) is 5.14. The number of fused-ring (bicyclic) bond motifs is 2. The summed E-state index contributed by atoms with van der Waals surface area (Å²) in [5.41, 5.74) is 2.21. The molecule has 0 atom stereocenters. The maximum Gasteiger partial charge on any atom is 0.294 e. The average molecular weight is 210 g/mol. The molecule has 0 aliphatic rings. The molecule has 0 radical (unpaired) electrons. The predicted octanol–water partition coefficient (Wildman–Crippen LogP) is 2.16. The SMILES string of the molecule is Cc1c2ccccc2nc(=O)c2cccn12. The molecular weight excluding hydrogens is 200 g/mol. The number of aryl methyl sites for hydroxylation is 1. The number of hydrogen-bond donors (Lipinski definition) is 0. The topological polar surface area (TPSA) is 34.4 Å². The number of benzene rings is 1. The van der Waals surface area contributed by atoms with Crippen LogP contribution in [0.3, 0.4) is 0 Å². The van der Waals surface area contributed by atoms with E-state index in [2.05, 4.69) is 4.98 Å². The molecule has 3 heteroatoms. The van der Waals surface area contributed by atoms with E-state index in [0.29, 0.717) is 5.52 Å². The molecule has 2 aromatic heterocycles. The van der Waals surface area contributed by atoms with Gasteiger partial charge in [-0.3, -0.25) is 4.79 Å². The van der Waals surface area contributed by atoms with Crippen molar-refractivity contribution in [2.45, 2.75) is 6.92 Å². The molecule has 3 aromatic rings. The molecule has 0 spiro atoms. The lowest BCUT2D eigenvalue weighted by atomic mass is 10.2. The van der Waals surface area contributed by atoms with Crippen molar-refractivity contribution in [2.24, 2.45) is 0 Å². The van der Waals surface area contributed by atoms with Gasteiger partial charge in [-0.25, -0.2) is 4.98 Å². The van der Waals surface area contributed by atoms with Crippen LogP contribution in [0.2, 0.25) is 0 Å². The third-order valence-corrected chi connectivity index (χ3v) is 2.85. The van der Waals surface area contributed by atoms with E-state index >= 15 is 0 Å². The quantitative estimate of drug-likeness (QED) is 0.569. The van der Waals surface area contributed by atoms with Crippen LogP contribution < -0.4 is 5.56 Å². The Kier molecular flexibility index (Phi) is 1.80. The monoisotopic (exact) mass is 210 g/mol. The molecule has 2 heterocycles. The lowest BCUT2D eigenvalue weighted by Gasteiger charge is -1.97. The van der Waals surface area contributed by atoms with Gasteiger partial charge in [0, 0.05) is 17.3 Å².